The summed E-state index contributed by atoms with van der Waals surface area (Å²) in [7, 11) is 0. The predicted octanol–water partition coefficient (Wildman–Crippen LogP) is 4.60. The van der Waals surface area contributed by atoms with Crippen molar-refractivity contribution in [2.24, 2.45) is 9.98 Å². The smallest absolute Gasteiger partial charge is 0.218 e. The molecule has 7 heteroatoms. The number of hydrogen-bond acceptors (Lipinski definition) is 5. The molecule has 6 nitrogen and oxygen atoms in total. The van der Waals surface area contributed by atoms with E-state index in [9.17, 15) is 4.39 Å². The number of guanidine groups is 1. The zero-order valence-electron chi connectivity index (χ0n) is 18.6. The van der Waals surface area contributed by atoms with Crippen LogP contribution in [0.4, 0.5) is 4.39 Å². The summed E-state index contributed by atoms with van der Waals surface area (Å²) in [6, 6.07) is 4.83. The molecule has 1 aliphatic carbocycles. The van der Waals surface area contributed by atoms with Crippen molar-refractivity contribution in [3.05, 3.63) is 59.3 Å². The largest absolute Gasteiger partial charge is 0.352 e. The number of aromatic nitrogens is 2. The summed E-state index contributed by atoms with van der Waals surface area (Å²) in [5.74, 6) is 0.493. The third kappa shape index (κ3) is 4.93. The van der Waals surface area contributed by atoms with Gasteiger partial charge >= 0.3 is 0 Å². The summed E-state index contributed by atoms with van der Waals surface area (Å²) in [5.41, 5.74) is 4.10. The van der Waals surface area contributed by atoms with Gasteiger partial charge in [0.25, 0.3) is 0 Å². The van der Waals surface area contributed by atoms with E-state index in [4.69, 9.17) is 9.98 Å². The molecule has 0 fully saturated rings. The Kier molecular flexibility index (Phi) is 6.32. The molecule has 0 bridgehead atoms. The number of nitrogens with zero attached hydrogens (tertiary/aromatic N) is 4. The Hall–Kier alpha value is -2.80. The van der Waals surface area contributed by atoms with Crippen LogP contribution in [0.5, 0.6) is 0 Å². The van der Waals surface area contributed by atoms with E-state index in [-0.39, 0.29) is 23.8 Å². The first kappa shape index (κ1) is 21.4. The van der Waals surface area contributed by atoms with Gasteiger partial charge in [-0.05, 0) is 50.1 Å². The Morgan fingerprint density at radius 1 is 1.19 bits per heavy atom. The van der Waals surface area contributed by atoms with Crippen LogP contribution in [0.15, 0.2) is 52.4 Å². The number of fused-ring (bicyclic) bond motifs is 1. The molecule has 164 valence electrons. The first-order valence-electron chi connectivity index (χ1n) is 11.1. The molecular formula is C24H31FN6. The van der Waals surface area contributed by atoms with Gasteiger partial charge in [0.2, 0.25) is 5.96 Å². The quantitative estimate of drug-likeness (QED) is 0.715. The number of rotatable bonds is 6. The predicted molar refractivity (Wildman–Crippen MR) is 124 cm³/mol. The average Bonchev–Trinajstić information content (AvgIpc) is 3.11. The first-order chi connectivity index (χ1) is 14.9. The molecule has 31 heavy (non-hydrogen) atoms. The third-order valence-electron chi connectivity index (χ3n) is 5.43. The highest BCUT2D eigenvalue weighted by Crippen LogP contribution is 2.35. The molecule has 2 aromatic heterocycles. The van der Waals surface area contributed by atoms with Crippen LogP contribution in [-0.4, -0.2) is 33.6 Å². The zero-order chi connectivity index (χ0) is 22.0. The molecule has 1 aliphatic heterocycles. The van der Waals surface area contributed by atoms with E-state index in [0.717, 1.165) is 23.6 Å². The lowest BCUT2D eigenvalue weighted by Crippen LogP contribution is -2.31. The summed E-state index contributed by atoms with van der Waals surface area (Å²) in [5, 5.41) is 6.76. The van der Waals surface area contributed by atoms with Gasteiger partial charge in [-0.15, -0.1) is 0 Å². The summed E-state index contributed by atoms with van der Waals surface area (Å²) in [6.07, 6.45) is 10.4. The maximum atomic E-state index is 13.6. The molecule has 0 saturated carbocycles. The second-order valence-corrected chi connectivity index (χ2v) is 8.79. The highest BCUT2D eigenvalue weighted by molar-refractivity contribution is 5.90. The van der Waals surface area contributed by atoms with E-state index in [0.29, 0.717) is 24.8 Å². The van der Waals surface area contributed by atoms with E-state index < -0.39 is 0 Å². The van der Waals surface area contributed by atoms with E-state index in [1.54, 1.807) is 6.08 Å². The van der Waals surface area contributed by atoms with Crippen LogP contribution in [0.1, 0.15) is 69.4 Å². The van der Waals surface area contributed by atoms with Crippen LogP contribution in [0.25, 0.3) is 5.65 Å². The van der Waals surface area contributed by atoms with Gasteiger partial charge in [0, 0.05) is 43.4 Å². The number of aliphatic imine (C=N–C) groups is 2. The second kappa shape index (κ2) is 9.14. The van der Waals surface area contributed by atoms with E-state index in [1.165, 1.54) is 11.6 Å². The van der Waals surface area contributed by atoms with Crippen LogP contribution in [0.2, 0.25) is 0 Å². The molecule has 0 radical (unpaired) electrons. The Bertz CT molecular complexity index is 1060. The first-order valence-corrected chi connectivity index (χ1v) is 11.1. The minimum absolute atomic E-state index is 0.0298. The molecule has 2 atom stereocenters. The normalized spacial score (nSPS) is 21.1. The van der Waals surface area contributed by atoms with Gasteiger partial charge in [-0.1, -0.05) is 19.9 Å². The minimum atomic E-state index is -0.185. The average molecular weight is 423 g/mol. The zero-order valence-corrected chi connectivity index (χ0v) is 18.6. The minimum Gasteiger partial charge on any atom is -0.352 e. The van der Waals surface area contributed by atoms with Crippen molar-refractivity contribution in [2.45, 2.75) is 71.1 Å². The van der Waals surface area contributed by atoms with Crippen molar-refractivity contribution in [1.29, 1.82) is 0 Å². The highest BCUT2D eigenvalue weighted by atomic mass is 19.1. The standard InChI is InChI=1S/C24H31FN6/c1-15(2)27-14-17-10-12-31-21(13-17)30-22(18-5-7-19(25)8-6-18)23(31)20-9-11-26-24(29-20)28-16(3)4/h5,7-8,10-13,15-16,18,20,27H,6,9,14H2,1-4H3,(H,28,29). The number of halogens is 1. The van der Waals surface area contributed by atoms with Gasteiger partial charge in [0.15, 0.2) is 0 Å². The number of allylic oxidation sites excluding steroid dienone is 4. The Labute approximate surface area is 183 Å². The number of hydrogen-bond donors (Lipinski definition) is 2. The molecular weight excluding hydrogens is 391 g/mol. The monoisotopic (exact) mass is 422 g/mol. The van der Waals surface area contributed by atoms with Crippen LogP contribution in [0, 0.1) is 0 Å². The number of imidazole rings is 1. The maximum Gasteiger partial charge on any atom is 0.218 e. The van der Waals surface area contributed by atoms with Crippen molar-refractivity contribution in [3.8, 4) is 0 Å². The van der Waals surface area contributed by atoms with Gasteiger partial charge in [-0.25, -0.2) is 19.4 Å². The number of pyridine rings is 1. The lowest BCUT2D eigenvalue weighted by Gasteiger charge is -2.21. The van der Waals surface area contributed by atoms with Crippen molar-refractivity contribution < 1.29 is 4.39 Å². The Morgan fingerprint density at radius 2 is 2.03 bits per heavy atom. The maximum absolute atomic E-state index is 13.6. The van der Waals surface area contributed by atoms with E-state index in [2.05, 4.69) is 66.1 Å². The fraction of sp³-hybridized carbons (Fsp3) is 0.458. The van der Waals surface area contributed by atoms with Crippen LogP contribution in [-0.2, 0) is 6.54 Å². The van der Waals surface area contributed by atoms with Crippen molar-refractivity contribution in [3.63, 3.8) is 0 Å². The lowest BCUT2D eigenvalue weighted by molar-refractivity contribution is 0.588. The van der Waals surface area contributed by atoms with Crippen LogP contribution >= 0.6 is 0 Å². The van der Waals surface area contributed by atoms with Gasteiger partial charge in [0.1, 0.15) is 17.5 Å². The molecule has 0 saturated heterocycles. The summed E-state index contributed by atoms with van der Waals surface area (Å²) in [6.45, 7) is 9.21. The highest BCUT2D eigenvalue weighted by Gasteiger charge is 2.27. The molecule has 2 unspecified atom stereocenters. The van der Waals surface area contributed by atoms with Crippen molar-refractivity contribution >= 4 is 17.8 Å². The molecule has 2 aliphatic rings. The molecule has 3 heterocycles. The molecule has 4 rings (SSSR count). The van der Waals surface area contributed by atoms with E-state index in [1.807, 2.05) is 12.3 Å². The summed E-state index contributed by atoms with van der Waals surface area (Å²) < 4.78 is 15.7. The van der Waals surface area contributed by atoms with Gasteiger partial charge in [0.05, 0.1) is 11.4 Å². The summed E-state index contributed by atoms with van der Waals surface area (Å²) in [4.78, 5) is 14.3. The van der Waals surface area contributed by atoms with Crippen molar-refractivity contribution in [2.75, 3.05) is 0 Å². The Morgan fingerprint density at radius 3 is 2.74 bits per heavy atom. The van der Waals surface area contributed by atoms with Crippen LogP contribution in [0.3, 0.4) is 0 Å². The molecule has 2 aromatic rings. The fourth-order valence-electron chi connectivity index (χ4n) is 3.94. The molecule has 0 spiro atoms. The van der Waals surface area contributed by atoms with Gasteiger partial charge in [-0.3, -0.25) is 0 Å². The van der Waals surface area contributed by atoms with Crippen molar-refractivity contribution in [1.82, 2.24) is 20.0 Å². The SMILES string of the molecule is CC(C)NCc1ccn2c(C3CC=NC(NC(C)C)=N3)c(C3C=CC(F)=CC3)nc2c1. The Balaban J connectivity index is 1.75. The van der Waals surface area contributed by atoms with Crippen LogP contribution < -0.4 is 10.6 Å². The molecule has 2 N–H and O–H groups in total. The third-order valence-corrected chi connectivity index (χ3v) is 5.43. The lowest BCUT2D eigenvalue weighted by atomic mass is 9.93. The summed E-state index contributed by atoms with van der Waals surface area (Å²) >= 11 is 0. The molecule has 0 aromatic carbocycles. The fourth-order valence-corrected chi connectivity index (χ4v) is 3.94. The second-order valence-electron chi connectivity index (χ2n) is 8.79. The van der Waals surface area contributed by atoms with Gasteiger partial charge < -0.3 is 15.0 Å². The van der Waals surface area contributed by atoms with Gasteiger partial charge in [-0.2, -0.15) is 0 Å². The molecule has 0 amide bonds. The van der Waals surface area contributed by atoms with E-state index >= 15 is 0 Å². The number of nitrogens with one attached hydrogen (secondary N) is 2. The topological polar surface area (TPSA) is 66.1 Å².